The third-order valence-electron chi connectivity index (χ3n) is 2.12. The van der Waals surface area contributed by atoms with Crippen LogP contribution in [0.15, 0.2) is 12.1 Å². The monoisotopic (exact) mass is 179 g/mol. The van der Waals surface area contributed by atoms with Gasteiger partial charge in [-0.3, -0.25) is 4.79 Å². The summed E-state index contributed by atoms with van der Waals surface area (Å²) in [5.74, 6) is -0.624. The molecule has 0 saturated heterocycles. The maximum Gasteiger partial charge on any atom is 0.251 e. The van der Waals surface area contributed by atoms with Crippen LogP contribution in [0.25, 0.3) is 0 Å². The molecule has 1 aromatic rings. The number of phenols is 2. The number of benzene rings is 1. The van der Waals surface area contributed by atoms with Crippen LogP contribution in [-0.4, -0.2) is 22.7 Å². The number of hydrogen-bond acceptors (Lipinski definition) is 3. The highest BCUT2D eigenvalue weighted by Crippen LogP contribution is 2.29. The van der Waals surface area contributed by atoms with E-state index in [1.54, 1.807) is 0 Å². The van der Waals surface area contributed by atoms with E-state index < -0.39 is 0 Å². The number of aromatic hydroxyl groups is 2. The van der Waals surface area contributed by atoms with Crippen molar-refractivity contribution in [3.8, 4) is 11.5 Å². The van der Waals surface area contributed by atoms with E-state index in [1.807, 2.05) is 0 Å². The van der Waals surface area contributed by atoms with Crippen molar-refractivity contribution in [1.82, 2.24) is 5.32 Å². The molecule has 0 spiro atoms. The lowest BCUT2D eigenvalue weighted by Crippen LogP contribution is -2.31. The molecule has 13 heavy (non-hydrogen) atoms. The Morgan fingerprint density at radius 1 is 1.23 bits per heavy atom. The molecule has 4 heteroatoms. The SMILES string of the molecule is O=C1NCCc2cc(O)c(O)cc21. The fraction of sp³-hybridized carbons (Fsp3) is 0.222. The van der Waals surface area contributed by atoms with Crippen LogP contribution >= 0.6 is 0 Å². The van der Waals surface area contributed by atoms with Gasteiger partial charge in [-0.25, -0.2) is 0 Å². The lowest BCUT2D eigenvalue weighted by atomic mass is 10.00. The van der Waals surface area contributed by atoms with Gasteiger partial charge in [-0.1, -0.05) is 0 Å². The summed E-state index contributed by atoms with van der Waals surface area (Å²) in [7, 11) is 0. The van der Waals surface area contributed by atoms with Gasteiger partial charge < -0.3 is 15.5 Å². The molecule has 2 rings (SSSR count). The average molecular weight is 179 g/mol. The first-order valence-corrected chi connectivity index (χ1v) is 4.01. The molecule has 0 radical (unpaired) electrons. The van der Waals surface area contributed by atoms with Crippen molar-refractivity contribution < 1.29 is 15.0 Å². The van der Waals surface area contributed by atoms with E-state index in [9.17, 15) is 9.90 Å². The minimum Gasteiger partial charge on any atom is -0.504 e. The summed E-state index contributed by atoms with van der Waals surface area (Å²) in [6.07, 6.45) is 0.689. The molecule has 0 atom stereocenters. The van der Waals surface area contributed by atoms with E-state index in [1.165, 1.54) is 12.1 Å². The Morgan fingerprint density at radius 3 is 2.69 bits per heavy atom. The molecule has 0 bridgehead atoms. The highest BCUT2D eigenvalue weighted by molar-refractivity contribution is 5.97. The summed E-state index contributed by atoms with van der Waals surface area (Å²) in [6, 6.07) is 2.72. The quantitative estimate of drug-likeness (QED) is 0.504. The molecule has 1 amide bonds. The molecule has 0 unspecified atom stereocenters. The Labute approximate surface area is 74.8 Å². The van der Waals surface area contributed by atoms with Crippen molar-refractivity contribution in [1.29, 1.82) is 0 Å². The van der Waals surface area contributed by atoms with Crippen LogP contribution in [0.3, 0.4) is 0 Å². The lowest BCUT2D eigenvalue weighted by Gasteiger charge is -2.16. The molecular formula is C9H9NO3. The molecule has 1 heterocycles. The zero-order chi connectivity index (χ0) is 9.42. The molecule has 3 N–H and O–H groups in total. The number of amides is 1. The number of hydrogen-bond donors (Lipinski definition) is 3. The number of rotatable bonds is 0. The number of fused-ring (bicyclic) bond motifs is 1. The van der Waals surface area contributed by atoms with Crippen molar-refractivity contribution >= 4 is 5.91 Å². The van der Waals surface area contributed by atoms with Crippen molar-refractivity contribution in [2.45, 2.75) is 6.42 Å². The van der Waals surface area contributed by atoms with Crippen LogP contribution in [0, 0.1) is 0 Å². The van der Waals surface area contributed by atoms with E-state index in [2.05, 4.69) is 5.32 Å². The first-order chi connectivity index (χ1) is 6.18. The van der Waals surface area contributed by atoms with Crippen molar-refractivity contribution in [3.05, 3.63) is 23.3 Å². The summed E-state index contributed by atoms with van der Waals surface area (Å²) in [4.78, 5) is 11.2. The largest absolute Gasteiger partial charge is 0.504 e. The van der Waals surface area contributed by atoms with Gasteiger partial charge in [0.05, 0.1) is 0 Å². The van der Waals surface area contributed by atoms with E-state index in [0.717, 1.165) is 5.56 Å². The Bertz CT molecular complexity index is 373. The second kappa shape index (κ2) is 2.65. The first kappa shape index (κ1) is 7.91. The summed E-state index contributed by atoms with van der Waals surface area (Å²) in [5.41, 5.74) is 1.22. The average Bonchev–Trinajstić information content (AvgIpc) is 2.09. The predicted molar refractivity (Wildman–Crippen MR) is 45.8 cm³/mol. The zero-order valence-corrected chi connectivity index (χ0v) is 6.87. The molecule has 1 aliphatic rings. The van der Waals surface area contributed by atoms with Crippen molar-refractivity contribution in [2.24, 2.45) is 0 Å². The van der Waals surface area contributed by atoms with Gasteiger partial charge in [-0.2, -0.15) is 0 Å². The van der Waals surface area contributed by atoms with Crippen LogP contribution in [0.4, 0.5) is 0 Å². The summed E-state index contributed by atoms with van der Waals surface area (Å²) in [5, 5.41) is 21.0. The highest BCUT2D eigenvalue weighted by atomic mass is 16.3. The molecule has 68 valence electrons. The molecule has 0 fully saturated rings. The maximum atomic E-state index is 11.2. The number of phenolic OH excluding ortho intramolecular Hbond substituents is 2. The summed E-state index contributed by atoms with van der Waals surface area (Å²) in [6.45, 7) is 0.579. The van der Waals surface area contributed by atoms with Gasteiger partial charge in [0.15, 0.2) is 11.5 Å². The Kier molecular flexibility index (Phi) is 1.62. The van der Waals surface area contributed by atoms with Gasteiger partial charge >= 0.3 is 0 Å². The third-order valence-corrected chi connectivity index (χ3v) is 2.12. The van der Waals surface area contributed by atoms with Crippen LogP contribution in [0.1, 0.15) is 15.9 Å². The number of carbonyl (C=O) groups excluding carboxylic acids is 1. The van der Waals surface area contributed by atoms with Crippen molar-refractivity contribution in [3.63, 3.8) is 0 Å². The molecule has 0 saturated carbocycles. The Morgan fingerprint density at radius 2 is 1.92 bits per heavy atom. The normalized spacial score (nSPS) is 14.9. The highest BCUT2D eigenvalue weighted by Gasteiger charge is 2.18. The van der Waals surface area contributed by atoms with E-state index in [0.29, 0.717) is 18.5 Å². The molecule has 1 aliphatic heterocycles. The van der Waals surface area contributed by atoms with Crippen LogP contribution in [0.2, 0.25) is 0 Å². The van der Waals surface area contributed by atoms with Gasteiger partial charge in [0.2, 0.25) is 0 Å². The minimum absolute atomic E-state index is 0.173. The first-order valence-electron chi connectivity index (χ1n) is 4.01. The second-order valence-corrected chi connectivity index (χ2v) is 3.00. The Hall–Kier alpha value is -1.71. The zero-order valence-electron chi connectivity index (χ0n) is 6.87. The topological polar surface area (TPSA) is 69.6 Å². The van der Waals surface area contributed by atoms with Gasteiger partial charge in [0.1, 0.15) is 0 Å². The fourth-order valence-electron chi connectivity index (χ4n) is 1.44. The Balaban J connectivity index is 2.58. The minimum atomic E-state index is -0.254. The van der Waals surface area contributed by atoms with E-state index in [-0.39, 0.29) is 17.4 Å². The number of nitrogens with one attached hydrogen (secondary N) is 1. The molecule has 0 aromatic heterocycles. The van der Waals surface area contributed by atoms with E-state index >= 15 is 0 Å². The van der Waals surface area contributed by atoms with Crippen molar-refractivity contribution in [2.75, 3.05) is 6.54 Å². The second-order valence-electron chi connectivity index (χ2n) is 3.00. The smallest absolute Gasteiger partial charge is 0.251 e. The predicted octanol–water partition coefficient (Wildman–Crippen LogP) is 0.384. The molecule has 1 aromatic carbocycles. The fourth-order valence-corrected chi connectivity index (χ4v) is 1.44. The lowest BCUT2D eigenvalue weighted by molar-refractivity contribution is 0.0945. The van der Waals surface area contributed by atoms with E-state index in [4.69, 9.17) is 5.11 Å². The third kappa shape index (κ3) is 1.20. The summed E-state index contributed by atoms with van der Waals surface area (Å²) < 4.78 is 0. The van der Waals surface area contributed by atoms with Gasteiger partial charge in [0.25, 0.3) is 5.91 Å². The van der Waals surface area contributed by atoms with Crippen LogP contribution < -0.4 is 5.32 Å². The molecule has 0 aliphatic carbocycles. The number of carbonyl (C=O) groups is 1. The standard InChI is InChI=1S/C9H9NO3/c11-7-3-5-1-2-10-9(13)6(5)4-8(7)12/h3-4,11-12H,1-2H2,(H,10,13). The van der Waals surface area contributed by atoms with Crippen LogP contribution in [0.5, 0.6) is 11.5 Å². The van der Waals surface area contributed by atoms with Gasteiger partial charge in [-0.15, -0.1) is 0 Å². The molecule has 4 nitrogen and oxygen atoms in total. The molecular weight excluding hydrogens is 170 g/mol. The maximum absolute atomic E-state index is 11.2. The van der Waals surface area contributed by atoms with Gasteiger partial charge in [-0.05, 0) is 24.1 Å². The van der Waals surface area contributed by atoms with Crippen LogP contribution in [-0.2, 0) is 6.42 Å². The summed E-state index contributed by atoms with van der Waals surface area (Å²) >= 11 is 0. The van der Waals surface area contributed by atoms with Gasteiger partial charge in [0, 0.05) is 12.1 Å².